The standard InChI is InChI=1S/C20H29ClN2O4S/c21-16-1-2-18(22-14-20-6-3-15(4-7-20)5-8-20)19(11-16)28(25,26)23-9-10-27-13-17(24)12-23/h1-2,11,15,17,22,24H,3-10,12-14H2. The lowest BCUT2D eigenvalue weighted by atomic mass is 9.61. The lowest BCUT2D eigenvalue weighted by Gasteiger charge is -2.47. The van der Waals surface area contributed by atoms with E-state index in [1.807, 2.05) is 0 Å². The Morgan fingerprint density at radius 3 is 2.68 bits per heavy atom. The molecule has 5 rings (SSSR count). The summed E-state index contributed by atoms with van der Waals surface area (Å²) in [7, 11) is -3.79. The van der Waals surface area contributed by atoms with Gasteiger partial charge in [0.05, 0.1) is 25.0 Å². The molecule has 3 saturated carbocycles. The van der Waals surface area contributed by atoms with E-state index in [4.69, 9.17) is 16.3 Å². The molecule has 1 heterocycles. The van der Waals surface area contributed by atoms with Crippen molar-refractivity contribution in [3.05, 3.63) is 23.2 Å². The van der Waals surface area contributed by atoms with Crippen LogP contribution in [0.25, 0.3) is 0 Å². The van der Waals surface area contributed by atoms with Gasteiger partial charge >= 0.3 is 0 Å². The summed E-state index contributed by atoms with van der Waals surface area (Å²) >= 11 is 6.15. The Hall–Kier alpha value is -0.860. The predicted molar refractivity (Wildman–Crippen MR) is 109 cm³/mol. The molecule has 0 spiro atoms. The number of hydrogen-bond donors (Lipinski definition) is 2. The molecule has 1 aromatic rings. The first-order chi connectivity index (χ1) is 13.4. The fourth-order valence-corrected chi connectivity index (χ4v) is 6.76. The Balaban J connectivity index is 1.57. The van der Waals surface area contributed by atoms with Crippen LogP contribution in [0.4, 0.5) is 5.69 Å². The summed E-state index contributed by atoms with van der Waals surface area (Å²) in [6, 6.07) is 4.98. The molecule has 8 heteroatoms. The van der Waals surface area contributed by atoms with Gasteiger partial charge in [-0.3, -0.25) is 0 Å². The first-order valence-electron chi connectivity index (χ1n) is 10.2. The maximum Gasteiger partial charge on any atom is 0.245 e. The molecule has 28 heavy (non-hydrogen) atoms. The lowest BCUT2D eigenvalue weighted by Crippen LogP contribution is -2.40. The quantitative estimate of drug-likeness (QED) is 0.753. The second-order valence-electron chi connectivity index (χ2n) is 8.57. The van der Waals surface area contributed by atoms with E-state index in [-0.39, 0.29) is 36.6 Å². The van der Waals surface area contributed by atoms with Gasteiger partial charge in [0, 0.05) is 24.7 Å². The number of nitrogens with one attached hydrogen (secondary N) is 1. The predicted octanol–water partition coefficient (Wildman–Crippen LogP) is 3.10. The molecule has 156 valence electrons. The van der Waals surface area contributed by atoms with Gasteiger partial charge in [-0.1, -0.05) is 11.6 Å². The van der Waals surface area contributed by atoms with Crippen LogP contribution in [0.5, 0.6) is 0 Å². The lowest BCUT2D eigenvalue weighted by molar-refractivity contribution is 0.0583. The third-order valence-electron chi connectivity index (χ3n) is 6.67. The van der Waals surface area contributed by atoms with E-state index in [0.29, 0.717) is 10.7 Å². The molecule has 4 aliphatic rings. The number of halogens is 1. The SMILES string of the molecule is O=S(=O)(c1cc(Cl)ccc1NCC12CCC(CC1)CC2)N1CCOCC(O)C1. The minimum Gasteiger partial charge on any atom is -0.389 e. The Bertz CT molecular complexity index is 795. The van der Waals surface area contributed by atoms with E-state index in [0.717, 1.165) is 12.5 Å². The summed E-state index contributed by atoms with van der Waals surface area (Å²) in [5.41, 5.74) is 0.869. The third-order valence-corrected chi connectivity index (χ3v) is 8.81. The van der Waals surface area contributed by atoms with E-state index in [1.165, 1.54) is 48.9 Å². The van der Waals surface area contributed by atoms with Crippen molar-refractivity contribution in [3.63, 3.8) is 0 Å². The molecule has 2 bridgehead atoms. The molecule has 0 radical (unpaired) electrons. The van der Waals surface area contributed by atoms with Crippen molar-refractivity contribution in [2.24, 2.45) is 11.3 Å². The molecule has 0 amide bonds. The van der Waals surface area contributed by atoms with Crippen molar-refractivity contribution in [1.29, 1.82) is 0 Å². The number of aliphatic hydroxyl groups excluding tert-OH is 1. The molecule has 1 aliphatic heterocycles. The van der Waals surface area contributed by atoms with Gasteiger partial charge < -0.3 is 15.2 Å². The molecule has 1 aromatic carbocycles. The number of sulfonamides is 1. The minimum absolute atomic E-state index is 0.0274. The van der Waals surface area contributed by atoms with Crippen molar-refractivity contribution < 1.29 is 18.3 Å². The number of ether oxygens (including phenoxy) is 1. The number of hydrogen-bond acceptors (Lipinski definition) is 5. The number of nitrogens with zero attached hydrogens (tertiary/aromatic N) is 1. The summed E-state index contributed by atoms with van der Waals surface area (Å²) in [6.07, 6.45) is 6.70. The molecule has 6 nitrogen and oxygen atoms in total. The van der Waals surface area contributed by atoms with Crippen LogP contribution in [-0.4, -0.2) is 56.8 Å². The molecule has 1 unspecified atom stereocenters. The van der Waals surface area contributed by atoms with Gasteiger partial charge in [-0.2, -0.15) is 4.31 Å². The van der Waals surface area contributed by atoms with Gasteiger partial charge in [0.15, 0.2) is 0 Å². The van der Waals surface area contributed by atoms with E-state index in [9.17, 15) is 13.5 Å². The van der Waals surface area contributed by atoms with Crippen LogP contribution in [0.3, 0.4) is 0 Å². The zero-order valence-corrected chi connectivity index (χ0v) is 17.6. The van der Waals surface area contributed by atoms with Gasteiger partial charge in [-0.05, 0) is 68.1 Å². The average molecular weight is 429 g/mol. The van der Waals surface area contributed by atoms with Gasteiger partial charge in [0.25, 0.3) is 0 Å². The highest BCUT2D eigenvalue weighted by Crippen LogP contribution is 2.50. The Labute approximate surface area is 172 Å². The van der Waals surface area contributed by atoms with Crippen LogP contribution in [0.2, 0.25) is 5.02 Å². The number of anilines is 1. The van der Waals surface area contributed by atoms with Crippen molar-refractivity contribution in [2.75, 3.05) is 38.2 Å². The number of fused-ring (bicyclic) bond motifs is 3. The Morgan fingerprint density at radius 1 is 1.25 bits per heavy atom. The van der Waals surface area contributed by atoms with Crippen LogP contribution in [0, 0.1) is 11.3 Å². The van der Waals surface area contributed by atoms with Crippen molar-refractivity contribution in [2.45, 2.75) is 49.5 Å². The zero-order chi connectivity index (χ0) is 19.8. The summed E-state index contributed by atoms with van der Waals surface area (Å²) < 4.78 is 33.2. The van der Waals surface area contributed by atoms with E-state index < -0.39 is 16.1 Å². The summed E-state index contributed by atoms with van der Waals surface area (Å²) in [5, 5.41) is 13.8. The smallest absolute Gasteiger partial charge is 0.245 e. The van der Waals surface area contributed by atoms with Crippen molar-refractivity contribution >= 4 is 27.3 Å². The van der Waals surface area contributed by atoms with Crippen LogP contribution < -0.4 is 5.32 Å². The minimum atomic E-state index is -3.79. The fourth-order valence-electron chi connectivity index (χ4n) is 4.86. The van der Waals surface area contributed by atoms with Crippen LogP contribution >= 0.6 is 11.6 Å². The summed E-state index contributed by atoms with van der Waals surface area (Å²) in [4.78, 5) is 0.176. The van der Waals surface area contributed by atoms with Crippen molar-refractivity contribution in [3.8, 4) is 0 Å². The van der Waals surface area contributed by atoms with E-state index in [2.05, 4.69) is 5.32 Å². The molecule has 3 aliphatic carbocycles. The number of aliphatic hydroxyl groups is 1. The van der Waals surface area contributed by atoms with Crippen LogP contribution in [0.1, 0.15) is 38.5 Å². The van der Waals surface area contributed by atoms with E-state index in [1.54, 1.807) is 12.1 Å². The Morgan fingerprint density at radius 2 is 1.96 bits per heavy atom. The van der Waals surface area contributed by atoms with Crippen LogP contribution in [0.15, 0.2) is 23.1 Å². The molecule has 2 N–H and O–H groups in total. The molecule has 0 aromatic heterocycles. The second-order valence-corrected chi connectivity index (χ2v) is 10.9. The number of β-amino-alcohol motifs (C(OH)–C–C–N with tert-alkyl or cyclic N) is 1. The Kier molecular flexibility index (Phi) is 5.91. The third kappa shape index (κ3) is 4.19. The maximum atomic E-state index is 13.3. The first-order valence-corrected chi connectivity index (χ1v) is 12.0. The normalized spacial score (nSPS) is 31.5. The molecular weight excluding hydrogens is 400 g/mol. The van der Waals surface area contributed by atoms with Gasteiger partial charge in [0.1, 0.15) is 4.90 Å². The molecule has 1 saturated heterocycles. The monoisotopic (exact) mass is 428 g/mol. The zero-order valence-electron chi connectivity index (χ0n) is 16.1. The summed E-state index contributed by atoms with van der Waals surface area (Å²) in [6.45, 7) is 1.45. The largest absolute Gasteiger partial charge is 0.389 e. The molecular formula is C20H29ClN2O4S. The number of rotatable bonds is 5. The second kappa shape index (κ2) is 8.11. The maximum absolute atomic E-state index is 13.3. The van der Waals surface area contributed by atoms with E-state index >= 15 is 0 Å². The van der Waals surface area contributed by atoms with Gasteiger partial charge in [0.2, 0.25) is 10.0 Å². The summed E-state index contributed by atoms with van der Waals surface area (Å²) in [5.74, 6) is 0.894. The first kappa shape index (κ1) is 20.4. The number of benzene rings is 1. The van der Waals surface area contributed by atoms with Gasteiger partial charge in [-0.15, -0.1) is 0 Å². The van der Waals surface area contributed by atoms with Crippen molar-refractivity contribution in [1.82, 2.24) is 4.31 Å². The van der Waals surface area contributed by atoms with Crippen LogP contribution in [-0.2, 0) is 14.8 Å². The molecule has 4 fully saturated rings. The van der Waals surface area contributed by atoms with Gasteiger partial charge in [-0.25, -0.2) is 8.42 Å². The average Bonchev–Trinajstić information content (AvgIpc) is 2.93. The highest BCUT2D eigenvalue weighted by atomic mass is 35.5. The molecule has 1 atom stereocenters. The topological polar surface area (TPSA) is 78.9 Å². The fraction of sp³-hybridized carbons (Fsp3) is 0.700. The highest BCUT2D eigenvalue weighted by Gasteiger charge is 2.40. The highest BCUT2D eigenvalue weighted by molar-refractivity contribution is 7.89.